The maximum absolute atomic E-state index is 13.5. The van der Waals surface area contributed by atoms with Crippen LogP contribution < -0.4 is 10.6 Å². The molecule has 2 rings (SSSR count). The second-order valence-corrected chi connectivity index (χ2v) is 5.70. The van der Waals surface area contributed by atoms with Crippen LogP contribution >= 0.6 is 0 Å². The van der Waals surface area contributed by atoms with Crippen LogP contribution in [0.5, 0.6) is 0 Å². The van der Waals surface area contributed by atoms with Gasteiger partial charge in [-0.15, -0.1) is 0 Å². The number of guanidine groups is 1. The van der Waals surface area contributed by atoms with Crippen molar-refractivity contribution in [3.05, 3.63) is 35.4 Å². The van der Waals surface area contributed by atoms with Crippen molar-refractivity contribution >= 4 is 5.96 Å². The van der Waals surface area contributed by atoms with Gasteiger partial charge in [-0.2, -0.15) is 0 Å². The quantitative estimate of drug-likeness (QED) is 0.647. The van der Waals surface area contributed by atoms with Gasteiger partial charge in [0.1, 0.15) is 11.6 Å². The summed E-state index contributed by atoms with van der Waals surface area (Å²) in [6.45, 7) is 3.90. The highest BCUT2D eigenvalue weighted by atomic mass is 19.1. The molecule has 0 bridgehead atoms. The van der Waals surface area contributed by atoms with E-state index in [4.69, 9.17) is 4.74 Å². The molecule has 1 unspecified atom stereocenters. The summed E-state index contributed by atoms with van der Waals surface area (Å²) >= 11 is 0. The fourth-order valence-corrected chi connectivity index (χ4v) is 2.54. The molecule has 1 fully saturated rings. The summed E-state index contributed by atoms with van der Waals surface area (Å²) in [7, 11) is 1.66. The molecule has 1 atom stereocenters. The highest BCUT2D eigenvalue weighted by molar-refractivity contribution is 5.79. The van der Waals surface area contributed by atoms with Crippen LogP contribution in [0, 0.1) is 11.6 Å². The molecule has 122 valence electrons. The van der Waals surface area contributed by atoms with E-state index in [1.54, 1.807) is 7.05 Å². The number of rotatable bonds is 5. The largest absolute Gasteiger partial charge is 0.373 e. The lowest BCUT2D eigenvalue weighted by Gasteiger charge is -2.24. The predicted molar refractivity (Wildman–Crippen MR) is 83.0 cm³/mol. The average molecular weight is 311 g/mol. The molecule has 0 spiro atoms. The first-order valence-electron chi connectivity index (χ1n) is 7.55. The van der Waals surface area contributed by atoms with E-state index < -0.39 is 11.6 Å². The van der Waals surface area contributed by atoms with Crippen LogP contribution in [0.1, 0.15) is 25.3 Å². The van der Waals surface area contributed by atoms with E-state index in [0.717, 1.165) is 19.4 Å². The second kappa shape index (κ2) is 7.54. The van der Waals surface area contributed by atoms with Crippen molar-refractivity contribution in [1.29, 1.82) is 0 Å². The Hall–Kier alpha value is -1.69. The molecule has 1 aromatic rings. The van der Waals surface area contributed by atoms with Gasteiger partial charge in [-0.3, -0.25) is 4.99 Å². The Bertz CT molecular complexity index is 508. The molecule has 0 amide bonds. The van der Waals surface area contributed by atoms with Gasteiger partial charge in [0, 0.05) is 32.3 Å². The first-order chi connectivity index (χ1) is 10.5. The van der Waals surface area contributed by atoms with Gasteiger partial charge in [0.15, 0.2) is 5.96 Å². The van der Waals surface area contributed by atoms with Crippen LogP contribution in [-0.4, -0.2) is 38.3 Å². The number of aliphatic imine (C=N–C) groups is 1. The number of ether oxygens (including phenoxy) is 1. The summed E-state index contributed by atoms with van der Waals surface area (Å²) in [6.07, 6.45) is 2.33. The van der Waals surface area contributed by atoms with E-state index >= 15 is 0 Å². The highest BCUT2D eigenvalue weighted by Gasteiger charge is 2.29. The lowest BCUT2D eigenvalue weighted by molar-refractivity contribution is 0.0243. The molecule has 6 heteroatoms. The summed E-state index contributed by atoms with van der Waals surface area (Å²) in [6, 6.07) is 3.90. The van der Waals surface area contributed by atoms with Gasteiger partial charge in [0.2, 0.25) is 0 Å². The summed E-state index contributed by atoms with van der Waals surface area (Å²) in [5.74, 6) is -0.429. The zero-order valence-corrected chi connectivity index (χ0v) is 13.1. The lowest BCUT2D eigenvalue weighted by atomic mass is 10.0. The molecule has 0 aromatic heterocycles. The van der Waals surface area contributed by atoms with Crippen molar-refractivity contribution in [3.63, 3.8) is 0 Å². The van der Waals surface area contributed by atoms with E-state index in [9.17, 15) is 8.78 Å². The minimum Gasteiger partial charge on any atom is -0.373 e. The SMILES string of the molecule is CN=C(NCCc1c(F)cccc1F)NCC1(C)CCCO1. The predicted octanol–water partition coefficient (Wildman–Crippen LogP) is 2.24. The van der Waals surface area contributed by atoms with Crippen LogP contribution in [0.2, 0.25) is 0 Å². The normalized spacial score (nSPS) is 21.9. The molecule has 2 N–H and O–H groups in total. The molecule has 4 nitrogen and oxygen atoms in total. The summed E-state index contributed by atoms with van der Waals surface area (Å²) in [5.41, 5.74) is -0.0773. The van der Waals surface area contributed by atoms with Crippen LogP contribution in [0.4, 0.5) is 8.78 Å². The van der Waals surface area contributed by atoms with Gasteiger partial charge in [-0.05, 0) is 38.3 Å². The summed E-state index contributed by atoms with van der Waals surface area (Å²) in [5, 5.41) is 6.26. The first-order valence-corrected chi connectivity index (χ1v) is 7.55. The van der Waals surface area contributed by atoms with Gasteiger partial charge >= 0.3 is 0 Å². The number of hydrogen-bond acceptors (Lipinski definition) is 2. The summed E-state index contributed by atoms with van der Waals surface area (Å²) in [4.78, 5) is 4.11. The number of benzene rings is 1. The molecular formula is C16H23F2N3O. The molecule has 1 aliphatic rings. The van der Waals surface area contributed by atoms with Crippen molar-refractivity contribution in [1.82, 2.24) is 10.6 Å². The van der Waals surface area contributed by atoms with Crippen LogP contribution in [0.15, 0.2) is 23.2 Å². The third kappa shape index (κ3) is 4.40. The van der Waals surface area contributed by atoms with E-state index in [-0.39, 0.29) is 17.6 Å². The molecule has 0 saturated carbocycles. The fourth-order valence-electron chi connectivity index (χ4n) is 2.54. The Kier molecular flexibility index (Phi) is 5.71. The molecule has 1 saturated heterocycles. The average Bonchev–Trinajstić information content (AvgIpc) is 2.92. The Labute approximate surface area is 130 Å². The molecular weight excluding hydrogens is 288 g/mol. The van der Waals surface area contributed by atoms with Gasteiger partial charge in [0.25, 0.3) is 0 Å². The topological polar surface area (TPSA) is 45.7 Å². The molecule has 1 aliphatic heterocycles. The minimum atomic E-state index is -0.517. The third-order valence-corrected chi connectivity index (χ3v) is 3.88. The Morgan fingerprint density at radius 1 is 1.32 bits per heavy atom. The van der Waals surface area contributed by atoms with Crippen molar-refractivity contribution < 1.29 is 13.5 Å². The number of hydrogen-bond donors (Lipinski definition) is 2. The van der Waals surface area contributed by atoms with Gasteiger partial charge in [0.05, 0.1) is 5.60 Å². The number of nitrogens with one attached hydrogen (secondary N) is 2. The molecule has 1 aromatic carbocycles. The Morgan fingerprint density at radius 3 is 2.64 bits per heavy atom. The maximum atomic E-state index is 13.5. The van der Waals surface area contributed by atoms with E-state index in [1.165, 1.54) is 18.2 Å². The second-order valence-electron chi connectivity index (χ2n) is 5.70. The zero-order valence-electron chi connectivity index (χ0n) is 13.1. The van der Waals surface area contributed by atoms with Crippen LogP contribution in [-0.2, 0) is 11.2 Å². The Balaban J connectivity index is 1.79. The van der Waals surface area contributed by atoms with Gasteiger partial charge < -0.3 is 15.4 Å². The van der Waals surface area contributed by atoms with Gasteiger partial charge in [-0.25, -0.2) is 8.78 Å². The van der Waals surface area contributed by atoms with Crippen LogP contribution in [0.25, 0.3) is 0 Å². The minimum absolute atomic E-state index is 0.0940. The Morgan fingerprint density at radius 2 is 2.05 bits per heavy atom. The summed E-state index contributed by atoms with van der Waals surface area (Å²) < 4.78 is 32.8. The first kappa shape index (κ1) is 16.7. The number of nitrogens with zero attached hydrogens (tertiary/aromatic N) is 1. The molecule has 0 radical (unpaired) electrons. The van der Waals surface area contributed by atoms with Crippen molar-refractivity contribution in [2.24, 2.45) is 4.99 Å². The maximum Gasteiger partial charge on any atom is 0.191 e. The zero-order chi connectivity index (χ0) is 16.0. The monoisotopic (exact) mass is 311 g/mol. The van der Waals surface area contributed by atoms with Gasteiger partial charge in [-0.1, -0.05) is 6.07 Å². The lowest BCUT2D eigenvalue weighted by Crippen LogP contribution is -2.46. The standard InChI is InChI=1S/C16H23F2N3O/c1-16(8-4-10-22-16)11-21-15(19-2)20-9-7-12-13(17)5-3-6-14(12)18/h3,5-6H,4,7-11H2,1-2H3,(H2,19,20,21). The van der Waals surface area contributed by atoms with Crippen molar-refractivity contribution in [2.45, 2.75) is 31.8 Å². The smallest absolute Gasteiger partial charge is 0.191 e. The van der Waals surface area contributed by atoms with E-state index in [0.29, 0.717) is 19.0 Å². The molecule has 22 heavy (non-hydrogen) atoms. The number of halogens is 2. The van der Waals surface area contributed by atoms with E-state index in [2.05, 4.69) is 22.5 Å². The highest BCUT2D eigenvalue weighted by Crippen LogP contribution is 2.23. The van der Waals surface area contributed by atoms with E-state index in [1.807, 2.05) is 0 Å². The molecule has 0 aliphatic carbocycles. The van der Waals surface area contributed by atoms with Crippen LogP contribution in [0.3, 0.4) is 0 Å². The van der Waals surface area contributed by atoms with Crippen molar-refractivity contribution in [2.75, 3.05) is 26.7 Å². The fraction of sp³-hybridized carbons (Fsp3) is 0.562. The van der Waals surface area contributed by atoms with Crippen molar-refractivity contribution in [3.8, 4) is 0 Å². The molecule has 1 heterocycles. The third-order valence-electron chi connectivity index (χ3n) is 3.88.